The molecular weight excluding hydrogens is 190 g/mol. The summed E-state index contributed by atoms with van der Waals surface area (Å²) in [7, 11) is 0. The molecule has 0 heterocycles. The summed E-state index contributed by atoms with van der Waals surface area (Å²) in [6.45, 7) is 0.844. The smallest absolute Gasteiger partial charge is 0.217 e. The van der Waals surface area contributed by atoms with Gasteiger partial charge in [-0.2, -0.15) is 0 Å². The van der Waals surface area contributed by atoms with Crippen LogP contribution >= 0.6 is 0 Å². The molecule has 1 amide bonds. The minimum Gasteiger partial charge on any atom is -0.399 e. The van der Waals surface area contributed by atoms with Crippen LogP contribution in [0.2, 0.25) is 0 Å². The minimum atomic E-state index is -0.234. The van der Waals surface area contributed by atoms with Crippen molar-refractivity contribution in [3.8, 4) is 0 Å². The second-order valence-electron chi connectivity index (χ2n) is 3.47. The quantitative estimate of drug-likeness (QED) is 0.486. The molecule has 1 rings (SSSR count). The lowest BCUT2D eigenvalue weighted by atomic mass is 10.2. The molecule has 0 bridgehead atoms. The summed E-state index contributed by atoms with van der Waals surface area (Å²) in [6, 6.07) is 7.57. The van der Waals surface area contributed by atoms with Crippen molar-refractivity contribution in [1.29, 1.82) is 0 Å². The second-order valence-corrected chi connectivity index (χ2v) is 3.47. The first-order valence-electron chi connectivity index (χ1n) is 5.06. The van der Waals surface area contributed by atoms with Gasteiger partial charge in [0.25, 0.3) is 0 Å². The Morgan fingerprint density at radius 3 is 2.47 bits per heavy atom. The number of hydrogen-bond donors (Lipinski definition) is 3. The van der Waals surface area contributed by atoms with Crippen LogP contribution in [0.25, 0.3) is 0 Å². The Kier molecular flexibility index (Phi) is 4.47. The van der Waals surface area contributed by atoms with E-state index in [1.54, 1.807) is 0 Å². The lowest BCUT2D eigenvalue weighted by Crippen LogP contribution is -2.10. The molecule has 0 spiro atoms. The molecule has 4 nitrogen and oxygen atoms in total. The van der Waals surface area contributed by atoms with Crippen molar-refractivity contribution in [2.75, 3.05) is 17.6 Å². The number of hydrogen-bond acceptors (Lipinski definition) is 3. The number of carbonyl (C=O) groups is 1. The molecule has 0 unspecified atom stereocenters. The van der Waals surface area contributed by atoms with Gasteiger partial charge in [-0.15, -0.1) is 0 Å². The van der Waals surface area contributed by atoms with Crippen molar-refractivity contribution >= 4 is 17.3 Å². The van der Waals surface area contributed by atoms with Crippen molar-refractivity contribution in [3.05, 3.63) is 24.3 Å². The van der Waals surface area contributed by atoms with Crippen LogP contribution < -0.4 is 16.8 Å². The number of rotatable bonds is 6. The Hall–Kier alpha value is -1.71. The first-order valence-corrected chi connectivity index (χ1v) is 5.06. The molecular formula is C11H17N3O. The van der Waals surface area contributed by atoms with E-state index in [-0.39, 0.29) is 5.91 Å². The van der Waals surface area contributed by atoms with Gasteiger partial charge in [-0.3, -0.25) is 4.79 Å². The zero-order valence-corrected chi connectivity index (χ0v) is 8.70. The van der Waals surface area contributed by atoms with E-state index in [0.717, 1.165) is 30.8 Å². The number of primary amides is 1. The van der Waals surface area contributed by atoms with Crippen LogP contribution in [-0.2, 0) is 4.79 Å². The van der Waals surface area contributed by atoms with Crippen molar-refractivity contribution in [1.82, 2.24) is 0 Å². The summed E-state index contributed by atoms with van der Waals surface area (Å²) >= 11 is 0. The monoisotopic (exact) mass is 207 g/mol. The third-order valence-electron chi connectivity index (χ3n) is 2.09. The number of nitrogen functional groups attached to an aromatic ring is 1. The molecule has 82 valence electrons. The van der Waals surface area contributed by atoms with Crippen LogP contribution in [0.5, 0.6) is 0 Å². The molecule has 0 aliphatic carbocycles. The van der Waals surface area contributed by atoms with E-state index in [0.29, 0.717) is 6.42 Å². The van der Waals surface area contributed by atoms with Crippen LogP contribution in [0, 0.1) is 0 Å². The summed E-state index contributed by atoms with van der Waals surface area (Å²) in [4.78, 5) is 10.5. The summed E-state index contributed by atoms with van der Waals surface area (Å²) < 4.78 is 0. The van der Waals surface area contributed by atoms with Crippen LogP contribution in [0.1, 0.15) is 19.3 Å². The Labute approximate surface area is 89.6 Å². The third-order valence-corrected chi connectivity index (χ3v) is 2.09. The number of benzene rings is 1. The molecule has 0 aromatic heterocycles. The highest BCUT2D eigenvalue weighted by Gasteiger charge is 1.94. The number of anilines is 2. The van der Waals surface area contributed by atoms with Gasteiger partial charge < -0.3 is 16.8 Å². The van der Waals surface area contributed by atoms with Crippen molar-refractivity contribution in [3.63, 3.8) is 0 Å². The van der Waals surface area contributed by atoms with E-state index < -0.39 is 0 Å². The molecule has 0 atom stereocenters. The van der Waals surface area contributed by atoms with Gasteiger partial charge in [-0.05, 0) is 37.1 Å². The van der Waals surface area contributed by atoms with Gasteiger partial charge in [-0.25, -0.2) is 0 Å². The highest BCUT2D eigenvalue weighted by Crippen LogP contribution is 2.10. The maximum absolute atomic E-state index is 10.5. The molecule has 15 heavy (non-hydrogen) atoms. The maximum atomic E-state index is 10.5. The van der Waals surface area contributed by atoms with Gasteiger partial charge in [0.2, 0.25) is 5.91 Å². The van der Waals surface area contributed by atoms with Gasteiger partial charge in [0.05, 0.1) is 0 Å². The maximum Gasteiger partial charge on any atom is 0.217 e. The second kappa shape index (κ2) is 5.90. The molecule has 4 heteroatoms. The predicted octanol–water partition coefficient (Wildman–Crippen LogP) is 1.34. The summed E-state index contributed by atoms with van der Waals surface area (Å²) in [5.41, 5.74) is 12.4. The molecule has 1 aromatic rings. The average Bonchev–Trinajstić information content (AvgIpc) is 2.20. The highest BCUT2D eigenvalue weighted by atomic mass is 16.1. The molecule has 0 saturated carbocycles. The first-order chi connectivity index (χ1) is 7.18. The Bertz CT molecular complexity index is 308. The molecule has 5 N–H and O–H groups in total. The molecule has 0 radical (unpaired) electrons. The Morgan fingerprint density at radius 1 is 1.20 bits per heavy atom. The van der Waals surface area contributed by atoms with Gasteiger partial charge in [-0.1, -0.05) is 0 Å². The van der Waals surface area contributed by atoms with E-state index in [1.807, 2.05) is 24.3 Å². The fraction of sp³-hybridized carbons (Fsp3) is 0.364. The van der Waals surface area contributed by atoms with Gasteiger partial charge in [0.1, 0.15) is 0 Å². The number of carbonyl (C=O) groups excluding carboxylic acids is 1. The van der Waals surface area contributed by atoms with E-state index >= 15 is 0 Å². The fourth-order valence-electron chi connectivity index (χ4n) is 1.26. The van der Waals surface area contributed by atoms with Crippen molar-refractivity contribution in [2.24, 2.45) is 5.73 Å². The van der Waals surface area contributed by atoms with E-state index in [1.165, 1.54) is 0 Å². The lowest BCUT2D eigenvalue weighted by Gasteiger charge is -2.05. The van der Waals surface area contributed by atoms with Gasteiger partial charge in [0.15, 0.2) is 0 Å². The Balaban J connectivity index is 2.15. The number of amides is 1. The van der Waals surface area contributed by atoms with Gasteiger partial charge in [0, 0.05) is 24.3 Å². The Morgan fingerprint density at radius 2 is 1.87 bits per heavy atom. The fourth-order valence-corrected chi connectivity index (χ4v) is 1.26. The summed E-state index contributed by atoms with van der Waals surface area (Å²) in [5.74, 6) is -0.234. The van der Waals surface area contributed by atoms with E-state index in [2.05, 4.69) is 5.32 Å². The zero-order chi connectivity index (χ0) is 11.1. The van der Waals surface area contributed by atoms with Crippen LogP contribution in [-0.4, -0.2) is 12.5 Å². The minimum absolute atomic E-state index is 0.234. The van der Waals surface area contributed by atoms with Crippen LogP contribution in [0.15, 0.2) is 24.3 Å². The number of nitrogens with two attached hydrogens (primary N) is 2. The van der Waals surface area contributed by atoms with Crippen molar-refractivity contribution in [2.45, 2.75) is 19.3 Å². The largest absolute Gasteiger partial charge is 0.399 e. The highest BCUT2D eigenvalue weighted by molar-refractivity contribution is 5.73. The molecule has 0 aliphatic rings. The van der Waals surface area contributed by atoms with Crippen molar-refractivity contribution < 1.29 is 4.79 Å². The normalized spacial score (nSPS) is 9.87. The number of unbranched alkanes of at least 4 members (excludes halogenated alkanes) is 1. The summed E-state index contributed by atoms with van der Waals surface area (Å²) in [5, 5.41) is 3.24. The van der Waals surface area contributed by atoms with E-state index in [4.69, 9.17) is 11.5 Å². The third kappa shape index (κ3) is 4.90. The van der Waals surface area contributed by atoms with E-state index in [9.17, 15) is 4.79 Å². The lowest BCUT2D eigenvalue weighted by molar-refractivity contribution is -0.118. The molecule has 1 aromatic carbocycles. The SMILES string of the molecule is NC(=O)CCCCNc1ccc(N)cc1. The first kappa shape index (κ1) is 11.4. The molecule has 0 aliphatic heterocycles. The van der Waals surface area contributed by atoms with Crippen LogP contribution in [0.4, 0.5) is 11.4 Å². The van der Waals surface area contributed by atoms with Crippen LogP contribution in [0.3, 0.4) is 0 Å². The molecule has 0 saturated heterocycles. The topological polar surface area (TPSA) is 81.1 Å². The summed E-state index contributed by atoms with van der Waals surface area (Å²) in [6.07, 6.45) is 2.23. The molecule has 0 fully saturated rings. The average molecular weight is 207 g/mol. The number of nitrogens with one attached hydrogen (secondary N) is 1. The van der Waals surface area contributed by atoms with Gasteiger partial charge >= 0.3 is 0 Å². The standard InChI is InChI=1S/C11H17N3O/c12-9-4-6-10(7-5-9)14-8-2-1-3-11(13)15/h4-7,14H,1-3,8,12H2,(H2,13,15). The predicted molar refractivity (Wildman–Crippen MR) is 62.4 cm³/mol. The zero-order valence-electron chi connectivity index (χ0n) is 8.70.